The molecule has 1 aliphatic carbocycles. The van der Waals surface area contributed by atoms with E-state index in [1.807, 2.05) is 42.3 Å². The Morgan fingerprint density at radius 3 is 2.24 bits per heavy atom. The molecule has 3 heterocycles. The second-order valence-electron chi connectivity index (χ2n) is 17.0. The number of nitrogens with zero attached hydrogens (tertiary/aromatic N) is 4. The van der Waals surface area contributed by atoms with Crippen molar-refractivity contribution < 1.29 is 28.6 Å². The van der Waals surface area contributed by atoms with Crippen LogP contribution in [0, 0.1) is 0 Å². The third kappa shape index (κ3) is 9.79. The highest BCUT2D eigenvalue weighted by Gasteiger charge is 2.33. The van der Waals surface area contributed by atoms with Gasteiger partial charge in [0.15, 0.2) is 6.61 Å². The number of fused-ring (bicyclic) bond motifs is 2. The monoisotopic (exact) mass is 845 g/mol. The van der Waals surface area contributed by atoms with Crippen LogP contribution >= 0.6 is 0 Å². The molecule has 6 aromatic rings. The van der Waals surface area contributed by atoms with Crippen LogP contribution in [-0.2, 0) is 34.5 Å². The molecule has 11 heteroatoms. The Balaban J connectivity index is 0.721. The van der Waals surface area contributed by atoms with Gasteiger partial charge in [0.1, 0.15) is 23.9 Å². The van der Waals surface area contributed by atoms with E-state index in [0.29, 0.717) is 56.5 Å². The highest BCUT2D eigenvalue weighted by Crippen LogP contribution is 2.47. The molecule has 0 saturated carbocycles. The molecule has 2 fully saturated rings. The third-order valence-corrected chi connectivity index (χ3v) is 12.9. The van der Waals surface area contributed by atoms with E-state index in [2.05, 4.69) is 100 Å². The number of rotatable bonds is 15. The fourth-order valence-electron chi connectivity index (χ4n) is 9.52. The van der Waals surface area contributed by atoms with E-state index in [9.17, 15) is 14.4 Å². The number of nitrogens with one attached hydrogen (secondary N) is 1. The third-order valence-electron chi connectivity index (χ3n) is 12.9. The van der Waals surface area contributed by atoms with Crippen molar-refractivity contribution >= 4 is 28.6 Å². The molecule has 0 bridgehead atoms. The first-order chi connectivity index (χ1) is 30.9. The maximum absolute atomic E-state index is 13.1. The Morgan fingerprint density at radius 1 is 0.730 bits per heavy atom. The van der Waals surface area contributed by atoms with Gasteiger partial charge in [-0.05, 0) is 109 Å². The molecule has 1 N–H and O–H groups in total. The summed E-state index contributed by atoms with van der Waals surface area (Å²) in [7, 11) is 1.81. The molecule has 5 aromatic carbocycles. The minimum absolute atomic E-state index is 0.0371. The summed E-state index contributed by atoms with van der Waals surface area (Å²) in [5.41, 5.74) is 8.02. The molecule has 3 atom stereocenters. The van der Waals surface area contributed by atoms with Gasteiger partial charge in [0.25, 0.3) is 5.91 Å². The molecule has 3 amide bonds. The molecule has 3 aliphatic rings. The minimum Gasteiger partial charge on any atom is -0.494 e. The SMILES string of the molecule is Cn1nc(C2CCC(=O)NC2=O)c2ccc(OCC(=O)N3CCN(CCCCOc4ccc([C@@H]5c6ccc(OCc7ccccc7)cc6CC[C@@H]5c5ccccc5)cc4)CC3)cc21. The van der Waals surface area contributed by atoms with Crippen molar-refractivity contribution in [1.29, 1.82) is 0 Å². The standard InChI is InChI=1S/C52H55N5O6/c1-55-47-33-42(20-23-45(47)51(54-55)46-24-25-48(58)53-52(46)60)63-35-49(59)57-29-27-56(28-30-57)26-8-9-31-61-40-17-14-38(15-18-40)50-43(37-12-6-3-7-13-37)21-16-39-32-41(19-22-44(39)50)62-34-36-10-4-2-5-11-36/h2-7,10-15,17-20,22-23,32-33,43,46,50H,8-9,16,21,24-31,34-35H2,1H3,(H,53,58,60)/t43-,46?,50+/m1/s1. The number of piperidine rings is 1. The lowest BCUT2D eigenvalue weighted by atomic mass is 9.69. The van der Waals surface area contributed by atoms with E-state index < -0.39 is 5.92 Å². The molecule has 2 saturated heterocycles. The van der Waals surface area contributed by atoms with Crippen molar-refractivity contribution in [2.45, 2.75) is 62.9 Å². The van der Waals surface area contributed by atoms with Gasteiger partial charge in [0, 0.05) is 57.0 Å². The second kappa shape index (κ2) is 19.3. The first kappa shape index (κ1) is 41.9. The van der Waals surface area contributed by atoms with Gasteiger partial charge in [-0.2, -0.15) is 5.10 Å². The zero-order chi connectivity index (χ0) is 43.1. The molecule has 0 spiro atoms. The smallest absolute Gasteiger partial charge is 0.260 e. The molecular formula is C52H55N5O6. The number of hydrogen-bond donors (Lipinski definition) is 1. The van der Waals surface area contributed by atoms with Crippen LogP contribution < -0.4 is 19.5 Å². The molecule has 324 valence electrons. The Labute approximate surface area is 368 Å². The fraction of sp³-hybridized carbons (Fsp3) is 0.346. The Bertz CT molecular complexity index is 2530. The number of imide groups is 1. The largest absolute Gasteiger partial charge is 0.494 e. The number of ether oxygens (including phenoxy) is 3. The van der Waals surface area contributed by atoms with Crippen molar-refractivity contribution in [3.63, 3.8) is 0 Å². The molecule has 2 aliphatic heterocycles. The molecule has 63 heavy (non-hydrogen) atoms. The number of unbranched alkanes of at least 4 members (excludes halogenated alkanes) is 1. The Kier molecular flexibility index (Phi) is 12.8. The molecular weight excluding hydrogens is 791 g/mol. The predicted octanol–water partition coefficient (Wildman–Crippen LogP) is 7.92. The fourth-order valence-corrected chi connectivity index (χ4v) is 9.52. The van der Waals surface area contributed by atoms with E-state index in [-0.39, 0.29) is 30.2 Å². The van der Waals surface area contributed by atoms with E-state index in [1.165, 1.54) is 22.3 Å². The van der Waals surface area contributed by atoms with Crippen LogP contribution in [0.4, 0.5) is 0 Å². The molecule has 9 rings (SSSR count). The van der Waals surface area contributed by atoms with Crippen molar-refractivity contribution in [1.82, 2.24) is 24.9 Å². The van der Waals surface area contributed by atoms with Crippen LogP contribution in [-0.4, -0.2) is 83.2 Å². The summed E-state index contributed by atoms with van der Waals surface area (Å²) in [6.45, 7) is 5.12. The van der Waals surface area contributed by atoms with E-state index >= 15 is 0 Å². The van der Waals surface area contributed by atoms with Crippen LogP contribution in [0.25, 0.3) is 10.9 Å². The van der Waals surface area contributed by atoms with Crippen LogP contribution in [0.3, 0.4) is 0 Å². The van der Waals surface area contributed by atoms with Gasteiger partial charge in [0.2, 0.25) is 11.8 Å². The number of amides is 3. The van der Waals surface area contributed by atoms with Gasteiger partial charge in [0.05, 0.1) is 23.7 Å². The van der Waals surface area contributed by atoms with Crippen LogP contribution in [0.2, 0.25) is 0 Å². The average molecular weight is 846 g/mol. The number of hydrogen-bond acceptors (Lipinski definition) is 8. The van der Waals surface area contributed by atoms with Crippen LogP contribution in [0.1, 0.15) is 83.4 Å². The lowest BCUT2D eigenvalue weighted by Crippen LogP contribution is -2.50. The number of carbonyl (C=O) groups excluding carboxylic acids is 3. The van der Waals surface area contributed by atoms with Crippen molar-refractivity contribution in [3.05, 3.63) is 155 Å². The van der Waals surface area contributed by atoms with E-state index in [1.54, 1.807) is 10.7 Å². The lowest BCUT2D eigenvalue weighted by molar-refractivity contribution is -0.135. The first-order valence-electron chi connectivity index (χ1n) is 22.4. The maximum Gasteiger partial charge on any atom is 0.260 e. The van der Waals surface area contributed by atoms with Crippen LogP contribution in [0.15, 0.2) is 121 Å². The zero-order valence-electron chi connectivity index (χ0n) is 35.9. The predicted molar refractivity (Wildman–Crippen MR) is 242 cm³/mol. The van der Waals surface area contributed by atoms with Gasteiger partial charge in [-0.3, -0.25) is 29.3 Å². The summed E-state index contributed by atoms with van der Waals surface area (Å²) in [6, 6.07) is 42.2. The van der Waals surface area contributed by atoms with Gasteiger partial charge in [-0.25, -0.2) is 0 Å². The summed E-state index contributed by atoms with van der Waals surface area (Å²) in [6.07, 6.45) is 4.79. The number of carbonyl (C=O) groups is 3. The van der Waals surface area contributed by atoms with E-state index in [0.717, 1.165) is 73.3 Å². The number of piperazine rings is 1. The summed E-state index contributed by atoms with van der Waals surface area (Å²) >= 11 is 0. The van der Waals surface area contributed by atoms with E-state index in [4.69, 9.17) is 14.2 Å². The summed E-state index contributed by atoms with van der Waals surface area (Å²) in [4.78, 5) is 41.5. The quantitative estimate of drug-likeness (QED) is 0.0820. The van der Waals surface area contributed by atoms with Crippen molar-refractivity contribution in [3.8, 4) is 17.2 Å². The highest BCUT2D eigenvalue weighted by atomic mass is 16.5. The maximum atomic E-state index is 13.1. The van der Waals surface area contributed by atoms with Crippen molar-refractivity contribution in [2.75, 3.05) is 45.9 Å². The van der Waals surface area contributed by atoms with Gasteiger partial charge >= 0.3 is 0 Å². The highest BCUT2D eigenvalue weighted by molar-refractivity contribution is 6.02. The minimum atomic E-state index is -0.474. The topological polar surface area (TPSA) is 115 Å². The molecule has 1 unspecified atom stereocenters. The number of aryl methyl sites for hydroxylation is 2. The molecule has 0 radical (unpaired) electrons. The van der Waals surface area contributed by atoms with Crippen molar-refractivity contribution in [2.24, 2.45) is 7.05 Å². The normalized spacial score (nSPS) is 19.1. The summed E-state index contributed by atoms with van der Waals surface area (Å²) in [5, 5.41) is 7.85. The van der Waals surface area contributed by atoms with Gasteiger partial charge in [-0.15, -0.1) is 0 Å². The molecule has 11 nitrogen and oxygen atoms in total. The lowest BCUT2D eigenvalue weighted by Gasteiger charge is -2.35. The first-order valence-corrected chi connectivity index (χ1v) is 22.4. The molecule has 1 aromatic heterocycles. The second-order valence-corrected chi connectivity index (χ2v) is 17.0. The summed E-state index contributed by atoms with van der Waals surface area (Å²) in [5.74, 6) is 1.92. The van der Waals surface area contributed by atoms with Gasteiger partial charge in [-0.1, -0.05) is 78.9 Å². The Morgan fingerprint density at radius 2 is 1.46 bits per heavy atom. The van der Waals surface area contributed by atoms with Crippen LogP contribution in [0.5, 0.6) is 17.2 Å². The number of benzene rings is 5. The summed E-state index contributed by atoms with van der Waals surface area (Å²) < 4.78 is 20.1. The average Bonchev–Trinajstić information content (AvgIpc) is 3.65. The Hall–Kier alpha value is -6.46. The number of aromatic nitrogens is 2. The van der Waals surface area contributed by atoms with Gasteiger partial charge < -0.3 is 19.1 Å². The zero-order valence-corrected chi connectivity index (χ0v) is 35.9.